The molecule has 0 fully saturated rings. The lowest BCUT2D eigenvalue weighted by atomic mass is 9.99. The van der Waals surface area contributed by atoms with Crippen molar-refractivity contribution in [2.24, 2.45) is 5.92 Å². The van der Waals surface area contributed by atoms with Crippen molar-refractivity contribution in [2.45, 2.75) is 20.3 Å². The molecule has 0 spiro atoms. The minimum atomic E-state index is 0.709. The lowest BCUT2D eigenvalue weighted by molar-refractivity contribution is 0.172. The van der Waals surface area contributed by atoms with Crippen molar-refractivity contribution in [1.29, 1.82) is 0 Å². The van der Waals surface area contributed by atoms with E-state index >= 15 is 0 Å². The van der Waals surface area contributed by atoms with Crippen LogP contribution in [0, 0.1) is 5.92 Å². The average Bonchev–Trinajstić information content (AvgIpc) is 2.04. The quantitative estimate of drug-likeness (QED) is 0.604. The Hall–Kier alpha value is -0.560. The molecule has 0 aromatic carbocycles. The highest BCUT2D eigenvalue weighted by molar-refractivity contribution is 5.23. The molecule has 0 aromatic rings. The van der Waals surface area contributed by atoms with Gasteiger partial charge in [-0.3, -0.25) is 0 Å². The Labute approximate surface area is 68.8 Å². The highest BCUT2D eigenvalue weighted by Gasteiger charge is 2.02. The molecule has 1 rings (SSSR count). The highest BCUT2D eigenvalue weighted by Crippen LogP contribution is 2.15. The van der Waals surface area contributed by atoms with Crippen LogP contribution in [0.15, 0.2) is 23.8 Å². The van der Waals surface area contributed by atoms with Gasteiger partial charge in [-0.15, -0.1) is 0 Å². The molecule has 62 valence electrons. The zero-order valence-corrected chi connectivity index (χ0v) is 7.34. The van der Waals surface area contributed by atoms with E-state index in [0.717, 1.165) is 13.2 Å². The van der Waals surface area contributed by atoms with Crippen LogP contribution in [-0.4, -0.2) is 13.2 Å². The first-order valence-corrected chi connectivity index (χ1v) is 4.28. The van der Waals surface area contributed by atoms with Crippen LogP contribution in [0.4, 0.5) is 0 Å². The molecule has 1 heteroatoms. The molecule has 1 nitrogen and oxygen atoms in total. The first kappa shape index (κ1) is 8.54. The molecule has 1 atom stereocenters. The normalized spacial score (nSPS) is 23.5. The van der Waals surface area contributed by atoms with E-state index in [-0.39, 0.29) is 0 Å². The lowest BCUT2D eigenvalue weighted by Crippen LogP contribution is -2.00. The summed E-state index contributed by atoms with van der Waals surface area (Å²) in [5.74, 6) is 0.709. The third-order valence-electron chi connectivity index (χ3n) is 1.86. The molecule has 0 bridgehead atoms. The summed E-state index contributed by atoms with van der Waals surface area (Å²) >= 11 is 0. The lowest BCUT2D eigenvalue weighted by Gasteiger charge is -2.10. The highest BCUT2D eigenvalue weighted by atomic mass is 16.5. The molecular weight excluding hydrogens is 136 g/mol. The number of rotatable bonds is 3. The van der Waals surface area contributed by atoms with Gasteiger partial charge in [-0.1, -0.05) is 25.2 Å². The Morgan fingerprint density at radius 1 is 1.64 bits per heavy atom. The molecule has 0 radical (unpaired) electrons. The Balaban J connectivity index is 2.31. The van der Waals surface area contributed by atoms with Crippen molar-refractivity contribution in [3.05, 3.63) is 23.8 Å². The minimum absolute atomic E-state index is 0.709. The summed E-state index contributed by atoms with van der Waals surface area (Å²) in [6.07, 6.45) is 7.84. The predicted octanol–water partition coefficient (Wildman–Crippen LogP) is 2.55. The number of ether oxygens (including phenoxy) is 1. The fourth-order valence-corrected chi connectivity index (χ4v) is 1.10. The van der Waals surface area contributed by atoms with Crippen LogP contribution in [0.25, 0.3) is 0 Å². The molecule has 0 amide bonds. The van der Waals surface area contributed by atoms with Crippen molar-refractivity contribution in [3.8, 4) is 0 Å². The largest absolute Gasteiger partial charge is 0.377 e. The van der Waals surface area contributed by atoms with Crippen molar-refractivity contribution < 1.29 is 4.74 Å². The Kier molecular flexibility index (Phi) is 3.37. The molecule has 0 saturated carbocycles. The minimum Gasteiger partial charge on any atom is -0.377 e. The zero-order chi connectivity index (χ0) is 8.10. The van der Waals surface area contributed by atoms with Crippen LogP contribution >= 0.6 is 0 Å². The standard InChI is InChI=1S/C10H16O/c1-3-11-8-10-6-4-9(2)5-7-10/h4,6-7,9H,3,5,8H2,1-2H3. The van der Waals surface area contributed by atoms with E-state index in [4.69, 9.17) is 4.74 Å². The van der Waals surface area contributed by atoms with E-state index in [2.05, 4.69) is 25.2 Å². The van der Waals surface area contributed by atoms with Gasteiger partial charge in [0.25, 0.3) is 0 Å². The first-order valence-electron chi connectivity index (χ1n) is 4.28. The van der Waals surface area contributed by atoms with Gasteiger partial charge in [0.05, 0.1) is 6.61 Å². The van der Waals surface area contributed by atoms with Gasteiger partial charge in [-0.25, -0.2) is 0 Å². The van der Waals surface area contributed by atoms with Crippen LogP contribution in [0.1, 0.15) is 20.3 Å². The smallest absolute Gasteiger partial charge is 0.0713 e. The number of allylic oxidation sites excluding steroid dienone is 2. The van der Waals surface area contributed by atoms with E-state index in [1.807, 2.05) is 6.92 Å². The first-order chi connectivity index (χ1) is 5.33. The fraction of sp³-hybridized carbons (Fsp3) is 0.600. The van der Waals surface area contributed by atoms with Gasteiger partial charge in [0.1, 0.15) is 0 Å². The maximum atomic E-state index is 5.29. The third kappa shape index (κ3) is 2.89. The van der Waals surface area contributed by atoms with Gasteiger partial charge in [0.15, 0.2) is 0 Å². The number of hydrogen-bond donors (Lipinski definition) is 0. The maximum absolute atomic E-state index is 5.29. The number of hydrogen-bond acceptors (Lipinski definition) is 1. The van der Waals surface area contributed by atoms with Crippen LogP contribution < -0.4 is 0 Å². The molecule has 0 aromatic heterocycles. The summed E-state index contributed by atoms with van der Waals surface area (Å²) in [6.45, 7) is 5.83. The molecule has 1 aliphatic carbocycles. The molecule has 0 N–H and O–H groups in total. The van der Waals surface area contributed by atoms with Gasteiger partial charge < -0.3 is 4.74 Å². The van der Waals surface area contributed by atoms with Crippen LogP contribution in [-0.2, 0) is 4.74 Å². The van der Waals surface area contributed by atoms with E-state index in [1.165, 1.54) is 12.0 Å². The van der Waals surface area contributed by atoms with Gasteiger partial charge >= 0.3 is 0 Å². The van der Waals surface area contributed by atoms with Crippen molar-refractivity contribution >= 4 is 0 Å². The van der Waals surface area contributed by atoms with E-state index in [0.29, 0.717) is 5.92 Å². The van der Waals surface area contributed by atoms with E-state index < -0.39 is 0 Å². The Morgan fingerprint density at radius 2 is 2.45 bits per heavy atom. The summed E-state index contributed by atoms with van der Waals surface area (Å²) in [5, 5.41) is 0. The second kappa shape index (κ2) is 4.35. The third-order valence-corrected chi connectivity index (χ3v) is 1.86. The van der Waals surface area contributed by atoms with Crippen LogP contribution in [0.2, 0.25) is 0 Å². The molecule has 0 heterocycles. The molecule has 11 heavy (non-hydrogen) atoms. The van der Waals surface area contributed by atoms with Crippen LogP contribution in [0.3, 0.4) is 0 Å². The SMILES string of the molecule is CCOCC1=CCC(C)C=C1. The zero-order valence-electron chi connectivity index (χ0n) is 7.34. The summed E-state index contributed by atoms with van der Waals surface area (Å²) < 4.78 is 5.29. The fourth-order valence-electron chi connectivity index (χ4n) is 1.10. The van der Waals surface area contributed by atoms with Gasteiger partial charge in [0, 0.05) is 6.61 Å². The molecular formula is C10H16O. The van der Waals surface area contributed by atoms with Crippen LogP contribution in [0.5, 0.6) is 0 Å². The summed E-state index contributed by atoms with van der Waals surface area (Å²) in [7, 11) is 0. The van der Waals surface area contributed by atoms with Crippen molar-refractivity contribution in [1.82, 2.24) is 0 Å². The van der Waals surface area contributed by atoms with E-state index in [1.54, 1.807) is 0 Å². The maximum Gasteiger partial charge on any atom is 0.0713 e. The molecule has 0 aliphatic heterocycles. The monoisotopic (exact) mass is 152 g/mol. The Bertz CT molecular complexity index is 168. The van der Waals surface area contributed by atoms with Crippen molar-refractivity contribution in [2.75, 3.05) is 13.2 Å². The van der Waals surface area contributed by atoms with E-state index in [9.17, 15) is 0 Å². The molecule has 0 saturated heterocycles. The summed E-state index contributed by atoms with van der Waals surface area (Å²) in [5.41, 5.74) is 1.32. The summed E-state index contributed by atoms with van der Waals surface area (Å²) in [4.78, 5) is 0. The van der Waals surface area contributed by atoms with Gasteiger partial charge in [0.2, 0.25) is 0 Å². The second-order valence-electron chi connectivity index (χ2n) is 2.99. The van der Waals surface area contributed by atoms with Crippen molar-refractivity contribution in [3.63, 3.8) is 0 Å². The molecule has 1 unspecified atom stereocenters. The summed E-state index contributed by atoms with van der Waals surface area (Å²) in [6, 6.07) is 0. The van der Waals surface area contributed by atoms with Gasteiger partial charge in [-0.05, 0) is 24.8 Å². The predicted molar refractivity (Wildman–Crippen MR) is 47.5 cm³/mol. The topological polar surface area (TPSA) is 9.23 Å². The Morgan fingerprint density at radius 3 is 3.00 bits per heavy atom. The molecule has 1 aliphatic rings. The van der Waals surface area contributed by atoms with Gasteiger partial charge in [-0.2, -0.15) is 0 Å². The average molecular weight is 152 g/mol. The second-order valence-corrected chi connectivity index (χ2v) is 2.99.